The summed E-state index contributed by atoms with van der Waals surface area (Å²) in [5.41, 5.74) is 0. The van der Waals surface area contributed by atoms with Gasteiger partial charge < -0.3 is 0 Å². The fourth-order valence-electron chi connectivity index (χ4n) is 2.34. The summed E-state index contributed by atoms with van der Waals surface area (Å²) in [6.07, 6.45) is 1.25. The zero-order chi connectivity index (χ0) is 6.48. The van der Waals surface area contributed by atoms with Gasteiger partial charge in [0.15, 0.2) is 0 Å². The summed E-state index contributed by atoms with van der Waals surface area (Å²) in [6, 6.07) is 0. The maximum Gasteiger partial charge on any atom is 0.112 e. The Morgan fingerprint density at radius 1 is 1.44 bits per heavy atom. The van der Waals surface area contributed by atoms with Gasteiger partial charge in [0.2, 0.25) is 0 Å². The van der Waals surface area contributed by atoms with Gasteiger partial charge in [-0.1, -0.05) is 6.92 Å². The van der Waals surface area contributed by atoms with Crippen molar-refractivity contribution in [1.82, 2.24) is 0 Å². The summed E-state index contributed by atoms with van der Waals surface area (Å²) in [6.45, 7) is 5.29. The van der Waals surface area contributed by atoms with Crippen LogP contribution in [0.25, 0.3) is 0 Å². The van der Waals surface area contributed by atoms with Gasteiger partial charge in [0.05, 0.1) is 0 Å². The molecule has 52 valence electrons. The highest BCUT2D eigenvalue weighted by Crippen LogP contribution is 2.37. The van der Waals surface area contributed by atoms with Crippen LogP contribution in [0.4, 0.5) is 0 Å². The van der Waals surface area contributed by atoms with Crippen molar-refractivity contribution < 1.29 is 9.85 Å². The molecular weight excluding hydrogens is 114 g/mol. The van der Waals surface area contributed by atoms with E-state index in [4.69, 9.17) is 0 Å². The summed E-state index contributed by atoms with van der Waals surface area (Å²) >= 11 is 0. The second-order valence-corrected chi connectivity index (χ2v) is 3.71. The van der Waals surface area contributed by atoms with Crippen LogP contribution >= 0.6 is 0 Å². The van der Waals surface area contributed by atoms with Gasteiger partial charge in [0.25, 0.3) is 0 Å². The van der Waals surface area contributed by atoms with Crippen molar-refractivity contribution in [3.63, 3.8) is 0 Å². The molecule has 3 unspecified atom stereocenters. The second-order valence-electron chi connectivity index (χ2n) is 3.71. The molecule has 0 aromatic rings. The number of hydrogen-bond acceptors (Lipinski definition) is 1. The number of piperidine rings is 1. The van der Waals surface area contributed by atoms with E-state index in [1.54, 1.807) is 0 Å². The maximum absolute atomic E-state index is 9.65. The lowest BCUT2D eigenvalue weighted by Gasteiger charge is -2.23. The quantitative estimate of drug-likeness (QED) is 0.480. The summed E-state index contributed by atoms with van der Waals surface area (Å²) in [4.78, 5) is 0. The first kappa shape index (κ1) is 5.69. The predicted octanol–water partition coefficient (Wildman–Crippen LogP) is 0.862. The molecule has 9 heavy (non-hydrogen) atoms. The molecule has 0 aliphatic carbocycles. The van der Waals surface area contributed by atoms with Gasteiger partial charge >= 0.3 is 0 Å². The van der Waals surface area contributed by atoms with Gasteiger partial charge in [-0.25, -0.2) is 5.21 Å². The smallest absolute Gasteiger partial charge is 0.112 e. The molecule has 2 heterocycles. The van der Waals surface area contributed by atoms with E-state index in [1.807, 2.05) is 0 Å². The third kappa shape index (κ3) is 0.700. The molecular formula is C7H14NO+. The zero-order valence-corrected chi connectivity index (χ0v) is 5.88. The average Bonchev–Trinajstić information content (AvgIpc) is 2.20. The van der Waals surface area contributed by atoms with Crippen LogP contribution in [0.2, 0.25) is 0 Å². The van der Waals surface area contributed by atoms with Crippen LogP contribution < -0.4 is 0 Å². The maximum atomic E-state index is 9.65. The summed E-state index contributed by atoms with van der Waals surface area (Å²) < 4.78 is 0.381. The number of rotatable bonds is 0. The molecule has 3 atom stereocenters. The first-order chi connectivity index (χ1) is 4.20. The van der Waals surface area contributed by atoms with Crippen molar-refractivity contribution in [1.29, 1.82) is 0 Å². The third-order valence-electron chi connectivity index (χ3n) is 2.92. The van der Waals surface area contributed by atoms with Crippen molar-refractivity contribution >= 4 is 0 Å². The summed E-state index contributed by atoms with van der Waals surface area (Å²) in [5, 5.41) is 9.65. The Bertz CT molecular complexity index is 133. The molecule has 2 heteroatoms. The normalized spacial score (nSPS) is 56.7. The lowest BCUT2D eigenvalue weighted by molar-refractivity contribution is -1.09. The van der Waals surface area contributed by atoms with Crippen LogP contribution in [0.3, 0.4) is 0 Å². The lowest BCUT2D eigenvalue weighted by atomic mass is 9.95. The topological polar surface area (TPSA) is 20.2 Å². The largest absolute Gasteiger partial charge is 0.217 e. The number of nitrogens with zero attached hydrogens (tertiary/aromatic N) is 1. The fraction of sp³-hybridized carbons (Fsp3) is 1.00. The number of fused-ring (bicyclic) bond motifs is 2. The van der Waals surface area contributed by atoms with Crippen LogP contribution in [-0.4, -0.2) is 29.5 Å². The first-order valence-corrected chi connectivity index (χ1v) is 3.78. The molecule has 2 aliphatic heterocycles. The molecule has 0 aromatic heterocycles. The third-order valence-corrected chi connectivity index (χ3v) is 2.92. The van der Waals surface area contributed by atoms with Crippen molar-refractivity contribution in [2.75, 3.05) is 19.6 Å². The van der Waals surface area contributed by atoms with Crippen LogP contribution in [0.15, 0.2) is 0 Å². The van der Waals surface area contributed by atoms with Crippen LogP contribution in [0.1, 0.15) is 13.3 Å². The van der Waals surface area contributed by atoms with E-state index in [-0.39, 0.29) is 0 Å². The van der Waals surface area contributed by atoms with Gasteiger partial charge in [0.1, 0.15) is 19.6 Å². The molecule has 0 radical (unpaired) electrons. The molecule has 2 rings (SSSR count). The SMILES string of the molecule is CC1C[N+]2(O)CCC1C2. The predicted molar refractivity (Wildman–Crippen MR) is 33.9 cm³/mol. The highest BCUT2D eigenvalue weighted by molar-refractivity contribution is 4.76. The number of hydrogen-bond donors (Lipinski definition) is 1. The monoisotopic (exact) mass is 128 g/mol. The molecule has 0 amide bonds. The summed E-state index contributed by atoms with van der Waals surface area (Å²) in [5.74, 6) is 1.60. The number of quaternary nitrogens is 1. The molecule has 2 saturated heterocycles. The standard InChI is InChI=1S/C7H14NO/c1-6-4-8(9)3-2-7(6)5-8/h6-7,9H,2-5H2,1H3/q+1. The minimum absolute atomic E-state index is 0.381. The van der Waals surface area contributed by atoms with Gasteiger partial charge in [-0.15, -0.1) is 0 Å². The van der Waals surface area contributed by atoms with Crippen molar-refractivity contribution in [3.05, 3.63) is 0 Å². The minimum atomic E-state index is 0.381. The Morgan fingerprint density at radius 3 is 2.44 bits per heavy atom. The Kier molecular flexibility index (Phi) is 0.945. The van der Waals surface area contributed by atoms with Crippen LogP contribution in [-0.2, 0) is 0 Å². The molecule has 1 N–H and O–H groups in total. The van der Waals surface area contributed by atoms with Gasteiger partial charge in [0, 0.05) is 18.3 Å². The van der Waals surface area contributed by atoms with E-state index in [0.717, 1.165) is 31.5 Å². The van der Waals surface area contributed by atoms with E-state index in [1.165, 1.54) is 6.42 Å². The van der Waals surface area contributed by atoms with E-state index in [0.29, 0.717) is 4.65 Å². The molecule has 2 aliphatic rings. The zero-order valence-electron chi connectivity index (χ0n) is 5.88. The highest BCUT2D eigenvalue weighted by Gasteiger charge is 2.49. The van der Waals surface area contributed by atoms with Gasteiger partial charge in [-0.3, -0.25) is 0 Å². The van der Waals surface area contributed by atoms with E-state index in [9.17, 15) is 5.21 Å². The Morgan fingerprint density at radius 2 is 2.22 bits per heavy atom. The summed E-state index contributed by atoms with van der Waals surface area (Å²) in [7, 11) is 0. The highest BCUT2D eigenvalue weighted by atomic mass is 16.5. The average molecular weight is 128 g/mol. The first-order valence-electron chi connectivity index (χ1n) is 3.78. The molecule has 2 bridgehead atoms. The Balaban J connectivity index is 2.19. The van der Waals surface area contributed by atoms with Crippen molar-refractivity contribution in [3.8, 4) is 0 Å². The fourth-order valence-corrected chi connectivity index (χ4v) is 2.34. The van der Waals surface area contributed by atoms with Gasteiger partial charge in [-0.05, 0) is 0 Å². The second kappa shape index (κ2) is 1.50. The van der Waals surface area contributed by atoms with E-state index in [2.05, 4.69) is 6.92 Å². The van der Waals surface area contributed by atoms with Crippen molar-refractivity contribution in [2.24, 2.45) is 11.8 Å². The molecule has 0 spiro atoms. The molecule has 2 fully saturated rings. The molecule has 0 saturated carbocycles. The molecule has 0 aromatic carbocycles. The molecule has 2 nitrogen and oxygen atoms in total. The van der Waals surface area contributed by atoms with Gasteiger partial charge in [-0.2, -0.15) is 4.65 Å². The minimum Gasteiger partial charge on any atom is -0.217 e. The van der Waals surface area contributed by atoms with Crippen LogP contribution in [0, 0.1) is 11.8 Å². The van der Waals surface area contributed by atoms with Crippen molar-refractivity contribution in [2.45, 2.75) is 13.3 Å². The van der Waals surface area contributed by atoms with Crippen LogP contribution in [0.5, 0.6) is 0 Å². The van der Waals surface area contributed by atoms with E-state index >= 15 is 0 Å². The number of hydroxylamine groups is 3. The Hall–Kier alpha value is -0.0800. The Labute approximate surface area is 55.6 Å². The van der Waals surface area contributed by atoms with E-state index < -0.39 is 0 Å². The lowest BCUT2D eigenvalue weighted by Crippen LogP contribution is -2.41.